The molecule has 0 aliphatic carbocycles. The molecule has 114 valence electrons. The highest BCUT2D eigenvalue weighted by Crippen LogP contribution is 2.21. The highest BCUT2D eigenvalue weighted by atomic mass is 16.5. The summed E-state index contributed by atoms with van der Waals surface area (Å²) in [7, 11) is 1.20. The Kier molecular flexibility index (Phi) is 5.71. The second-order valence-corrected chi connectivity index (χ2v) is 4.45. The topological polar surface area (TPSA) is 113 Å². The zero-order valence-corrected chi connectivity index (χ0v) is 11.8. The fraction of sp³-hybridized carbons (Fsp3) is 0.357. The van der Waals surface area contributed by atoms with Crippen molar-refractivity contribution in [3.63, 3.8) is 0 Å². The first-order chi connectivity index (χ1) is 9.86. The van der Waals surface area contributed by atoms with Crippen LogP contribution in [0.5, 0.6) is 5.75 Å². The Bertz CT molecular complexity index is 554. The lowest BCUT2D eigenvalue weighted by molar-refractivity contribution is -0.142. The number of nitrogens with one attached hydrogen (secondary N) is 1. The molecule has 0 radical (unpaired) electrons. The van der Waals surface area contributed by atoms with Gasteiger partial charge in [-0.3, -0.25) is 9.59 Å². The molecular formula is C14H17NO6. The second-order valence-electron chi connectivity index (χ2n) is 4.45. The number of methoxy groups -OCH3 is 1. The Balaban J connectivity index is 2.79. The van der Waals surface area contributed by atoms with Crippen LogP contribution in [-0.4, -0.2) is 41.2 Å². The number of ether oxygens (including phenoxy) is 1. The number of carboxylic acid groups (broad SMARTS) is 1. The van der Waals surface area contributed by atoms with Crippen LogP contribution in [0.25, 0.3) is 0 Å². The van der Waals surface area contributed by atoms with Gasteiger partial charge in [-0.2, -0.15) is 0 Å². The normalized spacial score (nSPS) is 11.5. The van der Waals surface area contributed by atoms with Gasteiger partial charge in [-0.1, -0.05) is 12.1 Å². The fourth-order valence-electron chi connectivity index (χ4n) is 1.70. The fourth-order valence-corrected chi connectivity index (χ4v) is 1.70. The Morgan fingerprint density at radius 2 is 2.00 bits per heavy atom. The summed E-state index contributed by atoms with van der Waals surface area (Å²) in [5, 5.41) is 21.1. The molecule has 0 aliphatic rings. The predicted octanol–water partition coefficient (Wildman–Crippen LogP) is 0.837. The van der Waals surface area contributed by atoms with Crippen molar-refractivity contribution in [2.75, 3.05) is 7.11 Å². The molecule has 0 fully saturated rings. The van der Waals surface area contributed by atoms with Gasteiger partial charge < -0.3 is 20.3 Å². The molecule has 0 spiro atoms. The third kappa shape index (κ3) is 4.48. The molecule has 0 aliphatic heterocycles. The molecule has 0 saturated heterocycles. The summed E-state index contributed by atoms with van der Waals surface area (Å²) in [5.74, 6) is -2.74. The number of esters is 1. The minimum absolute atomic E-state index is 0.0145. The largest absolute Gasteiger partial charge is 0.507 e. The third-order valence-electron chi connectivity index (χ3n) is 2.95. The van der Waals surface area contributed by atoms with Crippen LogP contribution in [0.3, 0.4) is 0 Å². The van der Waals surface area contributed by atoms with E-state index in [2.05, 4.69) is 10.1 Å². The number of para-hydroxylation sites is 1. The number of benzene rings is 1. The SMILES string of the molecule is COC(=O)CCC(NC(=O)c1cccc(C)c1O)C(=O)O. The van der Waals surface area contributed by atoms with Gasteiger partial charge in [-0.15, -0.1) is 0 Å². The van der Waals surface area contributed by atoms with Gasteiger partial charge in [0.15, 0.2) is 0 Å². The van der Waals surface area contributed by atoms with E-state index >= 15 is 0 Å². The van der Waals surface area contributed by atoms with Gasteiger partial charge in [0.25, 0.3) is 5.91 Å². The van der Waals surface area contributed by atoms with Gasteiger partial charge in [-0.05, 0) is 25.0 Å². The predicted molar refractivity (Wildman–Crippen MR) is 73.0 cm³/mol. The van der Waals surface area contributed by atoms with Crippen molar-refractivity contribution in [1.29, 1.82) is 0 Å². The number of carbonyl (C=O) groups is 3. The number of hydrogen-bond donors (Lipinski definition) is 3. The summed E-state index contributed by atoms with van der Waals surface area (Å²) in [6, 6.07) is 3.35. The van der Waals surface area contributed by atoms with Crippen molar-refractivity contribution in [3.05, 3.63) is 29.3 Å². The molecule has 0 aromatic heterocycles. The monoisotopic (exact) mass is 295 g/mol. The quantitative estimate of drug-likeness (QED) is 0.670. The minimum atomic E-state index is -1.26. The van der Waals surface area contributed by atoms with Crippen molar-refractivity contribution in [2.24, 2.45) is 0 Å². The maximum Gasteiger partial charge on any atom is 0.326 e. The van der Waals surface area contributed by atoms with Crippen molar-refractivity contribution >= 4 is 17.8 Å². The van der Waals surface area contributed by atoms with Crippen LogP contribution in [-0.2, 0) is 14.3 Å². The number of carboxylic acids is 1. The van der Waals surface area contributed by atoms with Crippen molar-refractivity contribution in [2.45, 2.75) is 25.8 Å². The summed E-state index contributed by atoms with van der Waals surface area (Å²) in [6.45, 7) is 1.62. The van der Waals surface area contributed by atoms with Gasteiger partial charge >= 0.3 is 11.9 Å². The molecular weight excluding hydrogens is 278 g/mol. The lowest BCUT2D eigenvalue weighted by Crippen LogP contribution is -2.41. The molecule has 1 aromatic carbocycles. The zero-order valence-electron chi connectivity index (χ0n) is 11.8. The number of aryl methyl sites for hydroxylation is 1. The number of aliphatic carboxylic acids is 1. The van der Waals surface area contributed by atoms with Crippen LogP contribution in [0.2, 0.25) is 0 Å². The molecule has 1 unspecified atom stereocenters. The Labute approximate surface area is 121 Å². The lowest BCUT2D eigenvalue weighted by atomic mass is 10.1. The minimum Gasteiger partial charge on any atom is -0.507 e. The van der Waals surface area contributed by atoms with E-state index in [-0.39, 0.29) is 24.2 Å². The van der Waals surface area contributed by atoms with Crippen LogP contribution >= 0.6 is 0 Å². The van der Waals surface area contributed by atoms with E-state index in [0.717, 1.165) is 0 Å². The number of phenolic OH excluding ortho intramolecular Hbond substituents is 1. The summed E-state index contributed by atoms with van der Waals surface area (Å²) < 4.78 is 4.42. The molecule has 1 aromatic rings. The molecule has 1 atom stereocenters. The lowest BCUT2D eigenvalue weighted by Gasteiger charge is -2.15. The van der Waals surface area contributed by atoms with E-state index in [9.17, 15) is 19.5 Å². The van der Waals surface area contributed by atoms with Crippen LogP contribution in [0.1, 0.15) is 28.8 Å². The van der Waals surface area contributed by atoms with E-state index in [1.165, 1.54) is 13.2 Å². The number of aromatic hydroxyl groups is 1. The summed E-state index contributed by atoms with van der Waals surface area (Å²) in [4.78, 5) is 34.1. The summed E-state index contributed by atoms with van der Waals surface area (Å²) in [6.07, 6.45) is -0.228. The maximum absolute atomic E-state index is 12.0. The second kappa shape index (κ2) is 7.28. The Morgan fingerprint density at radius 1 is 1.33 bits per heavy atom. The first-order valence-electron chi connectivity index (χ1n) is 6.26. The van der Waals surface area contributed by atoms with Crippen LogP contribution in [0.15, 0.2) is 18.2 Å². The van der Waals surface area contributed by atoms with E-state index in [4.69, 9.17) is 5.11 Å². The highest BCUT2D eigenvalue weighted by molar-refractivity contribution is 5.99. The molecule has 1 rings (SSSR count). The zero-order chi connectivity index (χ0) is 16.0. The average Bonchev–Trinajstić information content (AvgIpc) is 2.45. The first-order valence-corrected chi connectivity index (χ1v) is 6.26. The summed E-state index contributed by atoms with van der Waals surface area (Å²) >= 11 is 0. The standard InChI is InChI=1S/C14H17NO6/c1-8-4-3-5-9(12(8)17)13(18)15-10(14(19)20)6-7-11(16)21-2/h3-5,10,17H,6-7H2,1-2H3,(H,15,18)(H,19,20). The van der Waals surface area contributed by atoms with E-state index in [1.807, 2.05) is 0 Å². The number of phenols is 1. The maximum atomic E-state index is 12.0. The molecule has 3 N–H and O–H groups in total. The number of amides is 1. The molecule has 7 nitrogen and oxygen atoms in total. The third-order valence-corrected chi connectivity index (χ3v) is 2.95. The molecule has 7 heteroatoms. The molecule has 0 heterocycles. The molecule has 1 amide bonds. The first kappa shape index (κ1) is 16.5. The molecule has 21 heavy (non-hydrogen) atoms. The van der Waals surface area contributed by atoms with Crippen LogP contribution in [0.4, 0.5) is 0 Å². The molecule has 0 saturated carbocycles. The van der Waals surface area contributed by atoms with Gasteiger partial charge in [0.05, 0.1) is 12.7 Å². The average molecular weight is 295 g/mol. The summed E-state index contributed by atoms with van der Waals surface area (Å²) in [5.41, 5.74) is 0.489. The van der Waals surface area contributed by atoms with Crippen molar-refractivity contribution < 1.29 is 29.3 Å². The number of hydrogen-bond acceptors (Lipinski definition) is 5. The van der Waals surface area contributed by atoms with E-state index in [0.29, 0.717) is 5.56 Å². The Morgan fingerprint density at radius 3 is 2.57 bits per heavy atom. The van der Waals surface area contributed by atoms with Gasteiger partial charge in [-0.25, -0.2) is 4.79 Å². The van der Waals surface area contributed by atoms with Crippen LogP contribution < -0.4 is 5.32 Å². The number of rotatable bonds is 6. The smallest absolute Gasteiger partial charge is 0.326 e. The molecule has 0 bridgehead atoms. The van der Waals surface area contributed by atoms with Gasteiger partial charge in [0.1, 0.15) is 11.8 Å². The van der Waals surface area contributed by atoms with E-state index < -0.39 is 23.9 Å². The Hall–Kier alpha value is -2.57. The van der Waals surface area contributed by atoms with Crippen molar-refractivity contribution in [1.82, 2.24) is 5.32 Å². The van der Waals surface area contributed by atoms with Crippen molar-refractivity contribution in [3.8, 4) is 5.75 Å². The van der Waals surface area contributed by atoms with E-state index in [1.54, 1.807) is 19.1 Å². The van der Waals surface area contributed by atoms with Gasteiger partial charge in [0, 0.05) is 6.42 Å². The highest BCUT2D eigenvalue weighted by Gasteiger charge is 2.23. The number of carbonyl (C=O) groups excluding carboxylic acids is 2. The van der Waals surface area contributed by atoms with Crippen LogP contribution in [0, 0.1) is 6.92 Å². The van der Waals surface area contributed by atoms with Gasteiger partial charge in [0.2, 0.25) is 0 Å².